The average molecular weight is 281 g/mol. The molecule has 1 atom stereocenters. The standard InChI is InChI=1S/C15H27N3O2/c1-5-7-8-9-10-12(3)20-15-13(19-4)14(16-6-2)17-11-18-15/h11-12H,5-10H2,1-4H3,(H,16,17,18). The highest BCUT2D eigenvalue weighted by molar-refractivity contribution is 5.54. The molecule has 1 aromatic heterocycles. The number of ether oxygens (including phenoxy) is 2. The molecule has 0 radical (unpaired) electrons. The van der Waals surface area contributed by atoms with Gasteiger partial charge in [-0.1, -0.05) is 26.2 Å². The van der Waals surface area contributed by atoms with Gasteiger partial charge in [-0.3, -0.25) is 0 Å². The van der Waals surface area contributed by atoms with Crippen molar-refractivity contribution >= 4 is 5.82 Å². The highest BCUT2D eigenvalue weighted by atomic mass is 16.5. The maximum absolute atomic E-state index is 5.89. The summed E-state index contributed by atoms with van der Waals surface area (Å²) in [5.41, 5.74) is 0. The van der Waals surface area contributed by atoms with E-state index in [2.05, 4.69) is 29.1 Å². The second-order valence-electron chi connectivity index (χ2n) is 4.87. The van der Waals surface area contributed by atoms with Gasteiger partial charge in [0.05, 0.1) is 13.2 Å². The zero-order chi connectivity index (χ0) is 14.8. The lowest BCUT2D eigenvalue weighted by molar-refractivity contribution is 0.189. The Morgan fingerprint density at radius 2 is 2.00 bits per heavy atom. The first kappa shape index (κ1) is 16.5. The summed E-state index contributed by atoms with van der Waals surface area (Å²) in [5, 5.41) is 3.14. The lowest BCUT2D eigenvalue weighted by Crippen LogP contribution is -2.14. The molecular weight excluding hydrogens is 254 g/mol. The van der Waals surface area contributed by atoms with Crippen LogP contribution >= 0.6 is 0 Å². The molecule has 5 heteroatoms. The first-order valence-electron chi connectivity index (χ1n) is 7.52. The van der Waals surface area contributed by atoms with Crippen LogP contribution in [0.1, 0.15) is 52.9 Å². The quantitative estimate of drug-likeness (QED) is 0.663. The second kappa shape index (κ2) is 9.39. The van der Waals surface area contributed by atoms with E-state index in [9.17, 15) is 0 Å². The molecule has 0 saturated carbocycles. The maximum atomic E-state index is 5.89. The summed E-state index contributed by atoms with van der Waals surface area (Å²) in [7, 11) is 1.61. The van der Waals surface area contributed by atoms with Gasteiger partial charge in [0.2, 0.25) is 5.75 Å². The Morgan fingerprint density at radius 1 is 1.20 bits per heavy atom. The van der Waals surface area contributed by atoms with Crippen molar-refractivity contribution in [3.8, 4) is 11.6 Å². The molecule has 0 aromatic carbocycles. The molecule has 1 heterocycles. The summed E-state index contributed by atoms with van der Waals surface area (Å²) in [6, 6.07) is 0. The first-order valence-corrected chi connectivity index (χ1v) is 7.52. The highest BCUT2D eigenvalue weighted by Gasteiger charge is 2.15. The molecule has 5 nitrogen and oxygen atoms in total. The SMILES string of the molecule is CCCCCCC(C)Oc1ncnc(NCC)c1OC. The summed E-state index contributed by atoms with van der Waals surface area (Å²) in [6.45, 7) is 7.08. The smallest absolute Gasteiger partial charge is 0.262 e. The number of hydrogen-bond acceptors (Lipinski definition) is 5. The van der Waals surface area contributed by atoms with Crippen molar-refractivity contribution in [2.45, 2.75) is 59.0 Å². The highest BCUT2D eigenvalue weighted by Crippen LogP contribution is 2.31. The van der Waals surface area contributed by atoms with Crippen LogP contribution in [-0.4, -0.2) is 29.7 Å². The third-order valence-corrected chi connectivity index (χ3v) is 3.10. The minimum atomic E-state index is 0.130. The van der Waals surface area contributed by atoms with Gasteiger partial charge in [0.15, 0.2) is 5.82 Å². The monoisotopic (exact) mass is 281 g/mol. The number of nitrogens with zero attached hydrogens (tertiary/aromatic N) is 2. The Morgan fingerprint density at radius 3 is 2.65 bits per heavy atom. The molecule has 0 bridgehead atoms. The van der Waals surface area contributed by atoms with Crippen LogP contribution in [0.5, 0.6) is 11.6 Å². The topological polar surface area (TPSA) is 56.3 Å². The van der Waals surface area contributed by atoms with Gasteiger partial charge in [-0.2, -0.15) is 4.98 Å². The average Bonchev–Trinajstić information content (AvgIpc) is 2.44. The molecule has 0 aliphatic heterocycles. The summed E-state index contributed by atoms with van der Waals surface area (Å²) in [6.07, 6.45) is 7.64. The maximum Gasteiger partial charge on any atom is 0.262 e. The minimum Gasteiger partial charge on any atom is -0.489 e. The second-order valence-corrected chi connectivity index (χ2v) is 4.87. The van der Waals surface area contributed by atoms with Crippen molar-refractivity contribution in [3.05, 3.63) is 6.33 Å². The number of aromatic nitrogens is 2. The molecule has 114 valence electrons. The lowest BCUT2D eigenvalue weighted by atomic mass is 10.1. The number of methoxy groups -OCH3 is 1. The van der Waals surface area contributed by atoms with E-state index in [1.165, 1.54) is 32.0 Å². The van der Waals surface area contributed by atoms with Crippen molar-refractivity contribution in [3.63, 3.8) is 0 Å². The fourth-order valence-electron chi connectivity index (χ4n) is 2.03. The van der Waals surface area contributed by atoms with E-state index in [0.29, 0.717) is 17.4 Å². The van der Waals surface area contributed by atoms with Crippen LogP contribution in [0.2, 0.25) is 0 Å². The molecule has 0 spiro atoms. The van der Waals surface area contributed by atoms with E-state index >= 15 is 0 Å². The van der Waals surface area contributed by atoms with Crippen LogP contribution in [0.25, 0.3) is 0 Å². The number of unbranched alkanes of at least 4 members (excludes halogenated alkanes) is 3. The van der Waals surface area contributed by atoms with Crippen molar-refractivity contribution in [2.24, 2.45) is 0 Å². The summed E-state index contributed by atoms with van der Waals surface area (Å²) in [5.74, 6) is 1.77. The van der Waals surface area contributed by atoms with E-state index < -0.39 is 0 Å². The predicted molar refractivity (Wildman–Crippen MR) is 81.6 cm³/mol. The van der Waals surface area contributed by atoms with Crippen LogP contribution < -0.4 is 14.8 Å². The molecule has 1 rings (SSSR count). The van der Waals surface area contributed by atoms with E-state index in [-0.39, 0.29) is 6.10 Å². The molecule has 0 aliphatic rings. The molecule has 1 N–H and O–H groups in total. The molecule has 0 fully saturated rings. The molecule has 0 saturated heterocycles. The summed E-state index contributed by atoms with van der Waals surface area (Å²) >= 11 is 0. The Balaban J connectivity index is 2.59. The van der Waals surface area contributed by atoms with E-state index in [1.54, 1.807) is 7.11 Å². The van der Waals surface area contributed by atoms with Gasteiger partial charge in [0.25, 0.3) is 5.88 Å². The molecular formula is C15H27N3O2. The van der Waals surface area contributed by atoms with E-state index in [1.807, 2.05) is 6.92 Å². The van der Waals surface area contributed by atoms with Crippen molar-refractivity contribution in [1.82, 2.24) is 9.97 Å². The van der Waals surface area contributed by atoms with Gasteiger partial charge >= 0.3 is 0 Å². The largest absolute Gasteiger partial charge is 0.489 e. The minimum absolute atomic E-state index is 0.130. The Kier molecular flexibility index (Phi) is 7.77. The first-order chi connectivity index (χ1) is 9.72. The van der Waals surface area contributed by atoms with E-state index in [0.717, 1.165) is 13.0 Å². The zero-order valence-electron chi connectivity index (χ0n) is 13.1. The third-order valence-electron chi connectivity index (χ3n) is 3.10. The third kappa shape index (κ3) is 5.23. The van der Waals surface area contributed by atoms with Crippen LogP contribution in [0.4, 0.5) is 5.82 Å². The van der Waals surface area contributed by atoms with Gasteiger partial charge in [-0.05, 0) is 26.7 Å². The van der Waals surface area contributed by atoms with Crippen LogP contribution in [0.15, 0.2) is 6.33 Å². The number of hydrogen-bond donors (Lipinski definition) is 1. The van der Waals surface area contributed by atoms with Gasteiger partial charge < -0.3 is 14.8 Å². The number of rotatable bonds is 10. The summed E-state index contributed by atoms with van der Waals surface area (Å²) < 4.78 is 11.2. The van der Waals surface area contributed by atoms with Gasteiger partial charge in [-0.15, -0.1) is 0 Å². The van der Waals surface area contributed by atoms with Crippen LogP contribution in [0.3, 0.4) is 0 Å². The molecule has 1 aromatic rings. The van der Waals surface area contributed by atoms with Crippen LogP contribution in [-0.2, 0) is 0 Å². The molecule has 1 unspecified atom stereocenters. The normalized spacial score (nSPS) is 12.0. The zero-order valence-corrected chi connectivity index (χ0v) is 13.1. The molecule has 20 heavy (non-hydrogen) atoms. The van der Waals surface area contributed by atoms with E-state index in [4.69, 9.17) is 9.47 Å². The van der Waals surface area contributed by atoms with Gasteiger partial charge in [0.1, 0.15) is 6.33 Å². The molecule has 0 amide bonds. The van der Waals surface area contributed by atoms with Crippen molar-refractivity contribution in [1.29, 1.82) is 0 Å². The summed E-state index contributed by atoms with van der Waals surface area (Å²) in [4.78, 5) is 8.34. The predicted octanol–water partition coefficient (Wildman–Crippen LogP) is 3.65. The van der Waals surface area contributed by atoms with Crippen LogP contribution in [0, 0.1) is 0 Å². The van der Waals surface area contributed by atoms with Gasteiger partial charge in [-0.25, -0.2) is 4.98 Å². The van der Waals surface area contributed by atoms with Crippen molar-refractivity contribution < 1.29 is 9.47 Å². The van der Waals surface area contributed by atoms with Crippen molar-refractivity contribution in [2.75, 3.05) is 19.0 Å². The Hall–Kier alpha value is -1.52. The fraction of sp³-hybridized carbons (Fsp3) is 0.733. The Labute approximate surface area is 122 Å². The fourth-order valence-corrected chi connectivity index (χ4v) is 2.03. The number of nitrogens with one attached hydrogen (secondary N) is 1. The Bertz CT molecular complexity index is 385. The van der Waals surface area contributed by atoms with Gasteiger partial charge in [0, 0.05) is 6.54 Å². The lowest BCUT2D eigenvalue weighted by Gasteiger charge is -2.17. The molecule has 0 aliphatic carbocycles. The number of anilines is 1.